The Balaban J connectivity index is 0.000000338. The van der Waals surface area contributed by atoms with Crippen LogP contribution < -0.4 is 24.8 Å². The second-order valence-electron chi connectivity index (χ2n) is 13.5. The number of allylic oxidation sites excluding steroid dienone is 8. The van der Waals surface area contributed by atoms with E-state index in [1.54, 1.807) is 0 Å². The van der Waals surface area contributed by atoms with E-state index in [1.165, 1.54) is 100 Å². The Morgan fingerprint density at radius 1 is 0.500 bits per heavy atom. The van der Waals surface area contributed by atoms with Gasteiger partial charge in [0, 0.05) is 0 Å². The summed E-state index contributed by atoms with van der Waals surface area (Å²) >= 11 is 4.17. The number of halogens is 2. The fraction of sp³-hybridized carbons (Fsp3) is 0.280. The number of hydrogen-bond acceptors (Lipinski definition) is 0. The quantitative estimate of drug-likeness (QED) is 0.117. The third-order valence-electron chi connectivity index (χ3n) is 8.18. The molecule has 0 heterocycles. The predicted octanol–water partition coefficient (Wildman–Crippen LogP) is 8.65. The van der Waals surface area contributed by atoms with Gasteiger partial charge < -0.3 is 24.8 Å². The van der Waals surface area contributed by atoms with E-state index in [-0.39, 0.29) is 24.8 Å². The molecular weight excluding hydrogens is 767 g/mol. The molecule has 0 amide bonds. The second kappa shape index (κ2) is 28.7. The Labute approximate surface area is 362 Å². The van der Waals surface area contributed by atoms with Crippen LogP contribution in [0, 0.1) is 12.2 Å². The molecule has 0 radical (unpaired) electrons. The largest absolute Gasteiger partial charge is 1.00 e. The Morgan fingerprint density at radius 2 is 0.759 bits per heavy atom. The van der Waals surface area contributed by atoms with Gasteiger partial charge in [-0.15, -0.1) is 92.3 Å². The SMILES string of the molecule is CCCCC1=[C-]CC=C1.CCCCC1=[C-]CC=C1.C[C](C)=[Ti+2].C[C](C)=[Ti+2].[Cl-].[Cl-].c1ccc2c(c1)[cH-]c1ccccc12.c1ccc2c(c1)[cH-]c1ccccc12. The van der Waals surface area contributed by atoms with Gasteiger partial charge in [0.1, 0.15) is 0 Å². The molecular formula is C50H56Cl2Ti2-2. The number of rotatable bonds is 6. The Hall–Kier alpha value is -2.67. The fourth-order valence-corrected chi connectivity index (χ4v) is 5.79. The molecule has 8 rings (SSSR count). The number of hydrogen-bond donors (Lipinski definition) is 0. The molecule has 0 fully saturated rings. The predicted molar refractivity (Wildman–Crippen MR) is 227 cm³/mol. The molecule has 0 bridgehead atoms. The van der Waals surface area contributed by atoms with Crippen molar-refractivity contribution in [2.45, 2.75) is 92.9 Å². The molecule has 0 aromatic heterocycles. The van der Waals surface area contributed by atoms with E-state index in [0.29, 0.717) is 0 Å². The molecule has 0 nitrogen and oxygen atoms in total. The third-order valence-corrected chi connectivity index (χ3v) is 8.18. The van der Waals surface area contributed by atoms with Gasteiger partial charge in [0.2, 0.25) is 0 Å². The van der Waals surface area contributed by atoms with Gasteiger partial charge >= 0.3 is 75.3 Å². The number of benzene rings is 4. The summed E-state index contributed by atoms with van der Waals surface area (Å²) in [5.74, 6) is 0. The topological polar surface area (TPSA) is 0 Å². The minimum atomic E-state index is 0. The number of unbranched alkanes of at least 4 members (excludes halogenated alkanes) is 2. The van der Waals surface area contributed by atoms with Crippen LogP contribution in [0.3, 0.4) is 0 Å². The van der Waals surface area contributed by atoms with E-state index in [0.717, 1.165) is 12.8 Å². The maximum atomic E-state index is 3.30. The summed E-state index contributed by atoms with van der Waals surface area (Å²) in [4.78, 5) is 0. The van der Waals surface area contributed by atoms with Crippen molar-refractivity contribution in [2.24, 2.45) is 0 Å². The van der Waals surface area contributed by atoms with Crippen molar-refractivity contribution in [2.75, 3.05) is 0 Å². The van der Waals surface area contributed by atoms with Crippen molar-refractivity contribution >= 4 is 50.7 Å². The first-order chi connectivity index (χ1) is 25.2. The summed E-state index contributed by atoms with van der Waals surface area (Å²) in [7, 11) is 0. The van der Waals surface area contributed by atoms with Crippen molar-refractivity contribution in [3.63, 3.8) is 0 Å². The fourth-order valence-electron chi connectivity index (χ4n) is 5.79. The number of fused-ring (bicyclic) bond motifs is 6. The van der Waals surface area contributed by atoms with E-state index in [9.17, 15) is 0 Å². The molecule has 2 aliphatic rings. The Morgan fingerprint density at radius 3 is 0.981 bits per heavy atom. The molecule has 6 aromatic carbocycles. The van der Waals surface area contributed by atoms with Crippen LogP contribution in [-0.4, -0.2) is 7.62 Å². The van der Waals surface area contributed by atoms with E-state index < -0.39 is 0 Å². The van der Waals surface area contributed by atoms with Crippen LogP contribution in [-0.2, 0) is 39.9 Å². The first-order valence-electron chi connectivity index (χ1n) is 18.9. The maximum absolute atomic E-state index is 3.30. The normalized spacial score (nSPS) is 11.8. The standard InChI is InChI=1S/2C13H9.2C9H13.2C3H6.2ClH.2Ti/c2*1-3-7-12-10(5-1)9-11-6-2-4-8-13(11)12;2*1-2-3-6-9-7-4-5-8-9;2*1-3-2;;;;/h2*1-9H;2*4,7H,2-3,5-6H2,1H3;2*1-2H3;2*1H;;/q4*-1;;;;;2*+2/p-2. The molecule has 0 spiro atoms. The minimum absolute atomic E-state index is 0. The Kier molecular flexibility index (Phi) is 26.2. The van der Waals surface area contributed by atoms with Crippen LogP contribution in [0.25, 0.3) is 43.1 Å². The third kappa shape index (κ3) is 18.3. The zero-order chi connectivity index (χ0) is 37.6. The summed E-state index contributed by atoms with van der Waals surface area (Å²) < 4.78 is 2.83. The van der Waals surface area contributed by atoms with Gasteiger partial charge in [-0.25, -0.2) is 23.3 Å². The van der Waals surface area contributed by atoms with E-state index >= 15 is 0 Å². The Bertz CT molecular complexity index is 1840. The summed E-state index contributed by atoms with van der Waals surface area (Å²) in [5, 5.41) is 10.8. The van der Waals surface area contributed by atoms with Gasteiger partial charge in [0.25, 0.3) is 0 Å². The van der Waals surface area contributed by atoms with Crippen LogP contribution in [0.5, 0.6) is 0 Å². The van der Waals surface area contributed by atoms with Gasteiger partial charge in [-0.05, 0) is 0 Å². The van der Waals surface area contributed by atoms with E-state index in [1.807, 2.05) is 0 Å². The van der Waals surface area contributed by atoms with E-state index in [2.05, 4.69) is 227 Å². The molecule has 2 aliphatic carbocycles. The van der Waals surface area contributed by atoms with Gasteiger partial charge in [0.05, 0.1) is 0 Å². The average molecular weight is 824 g/mol. The second-order valence-corrected chi connectivity index (χ2v) is 16.6. The van der Waals surface area contributed by atoms with Crippen molar-refractivity contribution in [1.82, 2.24) is 0 Å². The van der Waals surface area contributed by atoms with Crippen LogP contribution in [0.2, 0.25) is 0 Å². The zero-order valence-corrected chi connectivity index (χ0v) is 37.7. The maximum Gasteiger partial charge on any atom is -0.0771 e. The molecule has 280 valence electrons. The summed E-state index contributed by atoms with van der Waals surface area (Å²) in [6.07, 6.45) is 25.1. The van der Waals surface area contributed by atoms with Gasteiger partial charge in [-0.2, -0.15) is 12.2 Å². The molecule has 0 saturated carbocycles. The average Bonchev–Trinajstić information content (AvgIpc) is 3.97. The molecule has 0 N–H and O–H groups in total. The first-order valence-corrected chi connectivity index (χ1v) is 20.4. The van der Waals surface area contributed by atoms with Crippen molar-refractivity contribution in [3.8, 4) is 0 Å². The zero-order valence-electron chi connectivity index (χ0n) is 33.1. The van der Waals surface area contributed by atoms with Gasteiger partial charge in [-0.3, -0.25) is 12.2 Å². The molecule has 0 saturated heterocycles. The van der Waals surface area contributed by atoms with Crippen LogP contribution >= 0.6 is 0 Å². The molecule has 6 aromatic rings. The van der Waals surface area contributed by atoms with Crippen LogP contribution in [0.15, 0.2) is 145 Å². The van der Waals surface area contributed by atoms with Crippen LogP contribution in [0.4, 0.5) is 0 Å². The molecule has 0 aliphatic heterocycles. The summed E-state index contributed by atoms with van der Waals surface area (Å²) in [6.45, 7) is 12.8. The molecule has 0 atom stereocenters. The minimum Gasteiger partial charge on any atom is -1.00 e. The van der Waals surface area contributed by atoms with E-state index in [4.69, 9.17) is 0 Å². The molecule has 54 heavy (non-hydrogen) atoms. The van der Waals surface area contributed by atoms with Crippen molar-refractivity contribution < 1.29 is 64.8 Å². The van der Waals surface area contributed by atoms with Crippen LogP contribution in [0.1, 0.15) is 92.9 Å². The summed E-state index contributed by atoms with van der Waals surface area (Å²) in [6, 6.07) is 38.5. The summed E-state index contributed by atoms with van der Waals surface area (Å²) in [5.41, 5.74) is 2.83. The van der Waals surface area contributed by atoms with Crippen molar-refractivity contribution in [3.05, 3.63) is 157 Å². The van der Waals surface area contributed by atoms with Gasteiger partial charge in [0.15, 0.2) is 0 Å². The van der Waals surface area contributed by atoms with Crippen molar-refractivity contribution in [1.29, 1.82) is 0 Å². The monoisotopic (exact) mass is 822 g/mol. The van der Waals surface area contributed by atoms with Gasteiger partial charge in [-0.1, -0.05) is 125 Å². The molecule has 0 unspecified atom stereocenters. The molecule has 4 heteroatoms. The first kappa shape index (κ1) is 49.3. The smallest absolute Gasteiger partial charge is 0.0771 e.